The zero-order valence-electron chi connectivity index (χ0n) is 11.3. The molecular formula is C14H19N3O2. The molecule has 2 rings (SSSR count). The Hall–Kier alpha value is -1.88. The molecule has 1 saturated heterocycles. The van der Waals surface area contributed by atoms with Crippen LogP contribution >= 0.6 is 0 Å². The number of benzene rings is 1. The van der Waals surface area contributed by atoms with E-state index < -0.39 is 5.54 Å². The number of urea groups is 1. The molecule has 3 amide bonds. The van der Waals surface area contributed by atoms with E-state index in [9.17, 15) is 9.59 Å². The van der Waals surface area contributed by atoms with Gasteiger partial charge in [0.05, 0.1) is 0 Å². The first kappa shape index (κ1) is 13.5. The highest BCUT2D eigenvalue weighted by atomic mass is 16.2. The second kappa shape index (κ2) is 5.01. The maximum Gasteiger partial charge on any atom is 0.325 e. The Balaban J connectivity index is 2.44. The van der Waals surface area contributed by atoms with E-state index in [2.05, 4.69) is 12.2 Å². The van der Waals surface area contributed by atoms with Crippen molar-refractivity contribution in [2.24, 2.45) is 5.73 Å². The van der Waals surface area contributed by atoms with Gasteiger partial charge in [0.1, 0.15) is 5.54 Å². The first-order chi connectivity index (χ1) is 9.05. The summed E-state index contributed by atoms with van der Waals surface area (Å²) in [7, 11) is 1.48. The number of nitrogens with two attached hydrogens (primary N) is 1. The molecule has 1 atom stereocenters. The Morgan fingerprint density at radius 2 is 1.89 bits per heavy atom. The molecule has 0 aliphatic carbocycles. The molecule has 5 heteroatoms. The van der Waals surface area contributed by atoms with Crippen LogP contribution in [-0.4, -0.2) is 30.4 Å². The Morgan fingerprint density at radius 3 is 2.32 bits per heavy atom. The molecule has 1 fully saturated rings. The third-order valence-corrected chi connectivity index (χ3v) is 3.67. The number of carbonyl (C=O) groups excluding carboxylic acids is 2. The van der Waals surface area contributed by atoms with Crippen LogP contribution in [0, 0.1) is 0 Å². The lowest BCUT2D eigenvalue weighted by Crippen LogP contribution is -2.45. The van der Waals surface area contributed by atoms with Crippen LogP contribution in [-0.2, 0) is 16.8 Å². The molecule has 0 bridgehead atoms. The average molecular weight is 261 g/mol. The Kier molecular flexibility index (Phi) is 3.57. The average Bonchev–Trinajstić information content (AvgIpc) is 2.65. The molecular weight excluding hydrogens is 242 g/mol. The number of hydrogen-bond acceptors (Lipinski definition) is 3. The number of carbonyl (C=O) groups is 2. The topological polar surface area (TPSA) is 75.4 Å². The van der Waals surface area contributed by atoms with Crippen molar-refractivity contribution in [3.05, 3.63) is 35.4 Å². The zero-order chi connectivity index (χ0) is 14.0. The van der Waals surface area contributed by atoms with Gasteiger partial charge in [-0.25, -0.2) is 4.79 Å². The smallest absolute Gasteiger partial charge is 0.325 e. The van der Waals surface area contributed by atoms with Gasteiger partial charge in [-0.2, -0.15) is 0 Å². The van der Waals surface area contributed by atoms with Crippen molar-refractivity contribution in [1.82, 2.24) is 10.2 Å². The van der Waals surface area contributed by atoms with E-state index in [1.54, 1.807) is 0 Å². The molecule has 19 heavy (non-hydrogen) atoms. The number of amides is 3. The summed E-state index contributed by atoms with van der Waals surface area (Å²) in [5.74, 6) is -0.243. The van der Waals surface area contributed by atoms with Crippen molar-refractivity contribution in [2.45, 2.75) is 25.3 Å². The van der Waals surface area contributed by atoms with Crippen molar-refractivity contribution in [3.8, 4) is 0 Å². The van der Waals surface area contributed by atoms with E-state index in [4.69, 9.17) is 5.73 Å². The van der Waals surface area contributed by atoms with Gasteiger partial charge in [-0.3, -0.25) is 9.69 Å². The van der Waals surface area contributed by atoms with Gasteiger partial charge >= 0.3 is 6.03 Å². The second-order valence-electron chi connectivity index (χ2n) is 4.79. The summed E-state index contributed by atoms with van der Waals surface area (Å²) in [5.41, 5.74) is 6.59. The van der Waals surface area contributed by atoms with Gasteiger partial charge < -0.3 is 11.1 Å². The predicted octanol–water partition coefficient (Wildman–Crippen LogP) is 0.975. The van der Waals surface area contributed by atoms with Gasteiger partial charge in [0.2, 0.25) is 0 Å². The lowest BCUT2D eigenvalue weighted by Gasteiger charge is -2.26. The third-order valence-electron chi connectivity index (χ3n) is 3.67. The summed E-state index contributed by atoms with van der Waals surface area (Å²) in [4.78, 5) is 25.2. The van der Waals surface area contributed by atoms with Crippen LogP contribution in [0.5, 0.6) is 0 Å². The summed E-state index contributed by atoms with van der Waals surface area (Å²) in [6, 6.07) is 7.37. The van der Waals surface area contributed by atoms with E-state index in [1.165, 1.54) is 12.6 Å². The fourth-order valence-corrected chi connectivity index (χ4v) is 2.45. The van der Waals surface area contributed by atoms with E-state index in [0.717, 1.165) is 16.9 Å². The molecule has 3 N–H and O–H groups in total. The van der Waals surface area contributed by atoms with Crippen molar-refractivity contribution in [3.63, 3.8) is 0 Å². The van der Waals surface area contributed by atoms with Crippen LogP contribution in [0.4, 0.5) is 4.79 Å². The van der Waals surface area contributed by atoms with Crippen molar-refractivity contribution >= 4 is 11.9 Å². The number of aryl methyl sites for hydroxylation is 1. The number of likely N-dealkylation sites (N-methyl/N-ethyl adjacent to an activating group) is 1. The number of nitrogens with zero attached hydrogens (tertiary/aromatic N) is 1. The lowest BCUT2D eigenvalue weighted by molar-refractivity contribution is -0.130. The molecule has 5 nitrogen and oxygen atoms in total. The van der Waals surface area contributed by atoms with E-state index in [1.807, 2.05) is 24.3 Å². The van der Waals surface area contributed by atoms with Crippen molar-refractivity contribution < 1.29 is 9.59 Å². The summed E-state index contributed by atoms with van der Waals surface area (Å²) >= 11 is 0. The molecule has 0 spiro atoms. The normalized spacial score (nSPS) is 22.8. The second-order valence-corrected chi connectivity index (χ2v) is 4.79. The maximum absolute atomic E-state index is 12.4. The molecule has 1 heterocycles. The van der Waals surface area contributed by atoms with Crippen LogP contribution < -0.4 is 11.1 Å². The van der Waals surface area contributed by atoms with Crippen LogP contribution in [0.1, 0.15) is 24.5 Å². The van der Waals surface area contributed by atoms with Crippen molar-refractivity contribution in [1.29, 1.82) is 0 Å². The van der Waals surface area contributed by atoms with Gasteiger partial charge in [0, 0.05) is 7.05 Å². The number of hydrogen-bond donors (Lipinski definition) is 2. The van der Waals surface area contributed by atoms with Gasteiger partial charge in [-0.1, -0.05) is 31.2 Å². The van der Waals surface area contributed by atoms with E-state index >= 15 is 0 Å². The lowest BCUT2D eigenvalue weighted by atomic mass is 9.86. The Morgan fingerprint density at radius 1 is 1.26 bits per heavy atom. The first-order valence-electron chi connectivity index (χ1n) is 6.45. The summed E-state index contributed by atoms with van der Waals surface area (Å²) in [6.07, 6.45) is 1.33. The van der Waals surface area contributed by atoms with E-state index in [0.29, 0.717) is 13.0 Å². The highest BCUT2D eigenvalue weighted by Gasteiger charge is 2.50. The number of imide groups is 1. The van der Waals surface area contributed by atoms with Crippen LogP contribution in [0.3, 0.4) is 0 Å². The molecule has 1 unspecified atom stereocenters. The molecule has 0 radical (unpaired) electrons. The summed E-state index contributed by atoms with van der Waals surface area (Å²) in [5, 5.41) is 2.78. The highest BCUT2D eigenvalue weighted by Crippen LogP contribution is 2.31. The first-order valence-corrected chi connectivity index (χ1v) is 6.45. The van der Waals surface area contributed by atoms with Crippen LogP contribution in [0.25, 0.3) is 0 Å². The molecule has 1 aromatic rings. The van der Waals surface area contributed by atoms with Crippen molar-refractivity contribution in [2.75, 3.05) is 13.6 Å². The minimum absolute atomic E-state index is 0.243. The van der Waals surface area contributed by atoms with Gasteiger partial charge in [-0.05, 0) is 30.5 Å². The van der Waals surface area contributed by atoms with Gasteiger partial charge in [-0.15, -0.1) is 0 Å². The molecule has 1 aromatic carbocycles. The summed E-state index contributed by atoms with van der Waals surface area (Å²) < 4.78 is 0. The number of nitrogens with one attached hydrogen (secondary N) is 1. The molecule has 0 aromatic heterocycles. The fourth-order valence-electron chi connectivity index (χ4n) is 2.45. The van der Waals surface area contributed by atoms with Crippen LogP contribution in [0.2, 0.25) is 0 Å². The van der Waals surface area contributed by atoms with Gasteiger partial charge in [0.25, 0.3) is 5.91 Å². The quantitative estimate of drug-likeness (QED) is 0.793. The monoisotopic (exact) mass is 261 g/mol. The largest absolute Gasteiger partial charge is 0.330 e. The number of rotatable bonds is 4. The maximum atomic E-state index is 12.4. The molecule has 1 aliphatic rings. The minimum atomic E-state index is -1.01. The molecule has 0 saturated carbocycles. The minimum Gasteiger partial charge on any atom is -0.330 e. The fraction of sp³-hybridized carbons (Fsp3) is 0.429. The molecule has 1 aliphatic heterocycles. The van der Waals surface area contributed by atoms with E-state index in [-0.39, 0.29) is 11.9 Å². The SMILES string of the molecule is CCc1ccc(C2(CCN)NC(=O)N(C)C2=O)cc1. The third kappa shape index (κ3) is 2.10. The Labute approximate surface area is 112 Å². The predicted molar refractivity (Wildman–Crippen MR) is 72.5 cm³/mol. The van der Waals surface area contributed by atoms with Gasteiger partial charge in [0.15, 0.2) is 0 Å². The summed E-state index contributed by atoms with van der Waals surface area (Å²) in [6.45, 7) is 2.40. The van der Waals surface area contributed by atoms with Crippen LogP contribution in [0.15, 0.2) is 24.3 Å². The standard InChI is InChI=1S/C14H19N3O2/c1-3-10-4-6-11(7-5-10)14(8-9-15)12(18)17(2)13(19)16-14/h4-7H,3,8-9,15H2,1-2H3,(H,16,19). The Bertz CT molecular complexity index is 498. The zero-order valence-corrected chi connectivity index (χ0v) is 11.3. The highest BCUT2D eigenvalue weighted by molar-refractivity contribution is 6.07. The molecule has 102 valence electrons.